The van der Waals surface area contributed by atoms with Gasteiger partial charge < -0.3 is 4.90 Å². The summed E-state index contributed by atoms with van der Waals surface area (Å²) in [4.78, 5) is 19.6. The highest BCUT2D eigenvalue weighted by atomic mass is 32.2. The van der Waals surface area contributed by atoms with Crippen LogP contribution in [0.3, 0.4) is 0 Å². The normalized spacial score (nSPS) is 13.8. The maximum atomic E-state index is 13.1. The predicted molar refractivity (Wildman–Crippen MR) is 124 cm³/mol. The van der Waals surface area contributed by atoms with Crippen molar-refractivity contribution in [2.75, 3.05) is 25.5 Å². The van der Waals surface area contributed by atoms with Gasteiger partial charge in [0.15, 0.2) is 0 Å². The molecule has 0 fully saturated rings. The van der Waals surface area contributed by atoms with Crippen molar-refractivity contribution in [2.24, 2.45) is 0 Å². The highest BCUT2D eigenvalue weighted by Gasteiger charge is 2.29. The first-order valence-electron chi connectivity index (χ1n) is 10.1. The topological polar surface area (TPSA) is 70.6 Å². The van der Waals surface area contributed by atoms with E-state index in [-0.39, 0.29) is 10.8 Å². The van der Waals surface area contributed by atoms with Crippen molar-refractivity contribution < 1.29 is 13.2 Å². The predicted octanol–water partition coefficient (Wildman–Crippen LogP) is 4.39. The first-order chi connectivity index (χ1) is 14.7. The van der Waals surface area contributed by atoms with Crippen LogP contribution in [-0.2, 0) is 16.4 Å². The van der Waals surface area contributed by atoms with E-state index < -0.39 is 10.0 Å². The maximum Gasteiger partial charge on any atom is 0.277 e. The lowest BCUT2D eigenvalue weighted by atomic mass is 10.0. The number of benzene rings is 2. The Morgan fingerprint density at radius 2 is 1.84 bits per heavy atom. The number of carbonyl (C=O) groups excluding carboxylic acids is 1. The molecule has 1 amide bonds. The van der Waals surface area contributed by atoms with Crippen LogP contribution in [0.4, 0.5) is 5.69 Å². The van der Waals surface area contributed by atoms with Crippen molar-refractivity contribution in [3.8, 4) is 10.6 Å². The summed E-state index contributed by atoms with van der Waals surface area (Å²) in [5, 5.41) is 2.60. The zero-order valence-corrected chi connectivity index (χ0v) is 19.6. The SMILES string of the molecule is CC(C)c1ccc(-c2nc(C(=O)N3CCc4cc(S(=O)(=O)N(C)C)ccc43)cs2)cc1. The van der Waals surface area contributed by atoms with E-state index in [0.29, 0.717) is 24.6 Å². The Bertz CT molecular complexity index is 1230. The van der Waals surface area contributed by atoms with Gasteiger partial charge in [0.25, 0.3) is 5.91 Å². The summed E-state index contributed by atoms with van der Waals surface area (Å²) in [5.74, 6) is 0.300. The van der Waals surface area contributed by atoms with Crippen molar-refractivity contribution >= 4 is 33.0 Å². The molecule has 2 heterocycles. The summed E-state index contributed by atoms with van der Waals surface area (Å²) < 4.78 is 26.0. The minimum Gasteiger partial charge on any atom is -0.306 e. The lowest BCUT2D eigenvalue weighted by molar-refractivity contribution is 0.0985. The molecule has 31 heavy (non-hydrogen) atoms. The summed E-state index contributed by atoms with van der Waals surface area (Å²) in [6, 6.07) is 13.2. The van der Waals surface area contributed by atoms with Crippen LogP contribution in [0.2, 0.25) is 0 Å². The molecular formula is C23H25N3O3S2. The Morgan fingerprint density at radius 1 is 1.13 bits per heavy atom. The molecule has 4 rings (SSSR count). The first-order valence-corrected chi connectivity index (χ1v) is 12.4. The number of sulfonamides is 1. The fourth-order valence-corrected chi connectivity index (χ4v) is 5.37. The quantitative estimate of drug-likeness (QED) is 0.572. The Morgan fingerprint density at radius 3 is 2.48 bits per heavy atom. The lowest BCUT2D eigenvalue weighted by Gasteiger charge is -2.17. The molecule has 0 saturated carbocycles. The molecule has 0 bridgehead atoms. The van der Waals surface area contributed by atoms with E-state index in [4.69, 9.17) is 0 Å². The van der Waals surface area contributed by atoms with Gasteiger partial charge in [0.1, 0.15) is 10.7 Å². The Kier molecular flexibility index (Phi) is 5.72. The number of anilines is 1. The van der Waals surface area contributed by atoms with Gasteiger partial charge >= 0.3 is 0 Å². The smallest absolute Gasteiger partial charge is 0.277 e. The molecular weight excluding hydrogens is 430 g/mol. The van der Waals surface area contributed by atoms with Gasteiger partial charge in [0, 0.05) is 37.3 Å². The fourth-order valence-electron chi connectivity index (χ4n) is 3.61. The Hall–Kier alpha value is -2.55. The van der Waals surface area contributed by atoms with Gasteiger partial charge in [-0.05, 0) is 41.7 Å². The highest BCUT2D eigenvalue weighted by molar-refractivity contribution is 7.89. The summed E-state index contributed by atoms with van der Waals surface area (Å²) in [6.07, 6.45) is 0.617. The number of hydrogen-bond acceptors (Lipinski definition) is 5. The third kappa shape index (κ3) is 4.03. The summed E-state index contributed by atoms with van der Waals surface area (Å²) in [7, 11) is -0.488. The Labute approximate surface area is 187 Å². The van der Waals surface area contributed by atoms with E-state index in [1.54, 1.807) is 28.5 Å². The number of nitrogens with zero attached hydrogens (tertiary/aromatic N) is 3. The van der Waals surface area contributed by atoms with Crippen LogP contribution in [-0.4, -0.2) is 44.3 Å². The molecule has 0 spiro atoms. The van der Waals surface area contributed by atoms with E-state index in [9.17, 15) is 13.2 Å². The molecule has 0 unspecified atom stereocenters. The molecule has 3 aromatic rings. The summed E-state index contributed by atoms with van der Waals surface area (Å²) >= 11 is 1.45. The van der Waals surface area contributed by atoms with E-state index in [0.717, 1.165) is 21.8 Å². The molecule has 162 valence electrons. The molecule has 2 aromatic carbocycles. The number of hydrogen-bond donors (Lipinski definition) is 0. The molecule has 1 aliphatic rings. The van der Waals surface area contributed by atoms with Gasteiger partial charge in [0.2, 0.25) is 10.0 Å². The molecule has 0 saturated heterocycles. The largest absolute Gasteiger partial charge is 0.306 e. The second-order valence-corrected chi connectivity index (χ2v) is 11.1. The van der Waals surface area contributed by atoms with E-state index >= 15 is 0 Å². The number of carbonyl (C=O) groups is 1. The third-order valence-electron chi connectivity index (χ3n) is 5.52. The number of aromatic nitrogens is 1. The van der Waals surface area contributed by atoms with Gasteiger partial charge in [-0.1, -0.05) is 38.1 Å². The molecule has 8 heteroatoms. The maximum absolute atomic E-state index is 13.1. The average molecular weight is 456 g/mol. The number of amides is 1. The van der Waals surface area contributed by atoms with Crippen LogP contribution in [0.25, 0.3) is 10.6 Å². The molecule has 1 aliphatic heterocycles. The molecule has 0 atom stereocenters. The van der Waals surface area contributed by atoms with Crippen molar-refractivity contribution in [1.82, 2.24) is 9.29 Å². The monoisotopic (exact) mass is 455 g/mol. The average Bonchev–Trinajstić information content (AvgIpc) is 3.40. The van der Waals surface area contributed by atoms with Crippen LogP contribution in [0.5, 0.6) is 0 Å². The summed E-state index contributed by atoms with van der Waals surface area (Å²) in [6.45, 7) is 4.82. The van der Waals surface area contributed by atoms with Crippen LogP contribution in [0.1, 0.15) is 41.4 Å². The van der Waals surface area contributed by atoms with Crippen molar-refractivity contribution in [2.45, 2.75) is 31.1 Å². The number of rotatable bonds is 5. The lowest BCUT2D eigenvalue weighted by Crippen LogP contribution is -2.29. The molecule has 0 radical (unpaired) electrons. The van der Waals surface area contributed by atoms with Crippen molar-refractivity contribution in [1.29, 1.82) is 0 Å². The third-order valence-corrected chi connectivity index (χ3v) is 8.22. The Balaban J connectivity index is 1.57. The molecule has 6 nitrogen and oxygen atoms in total. The van der Waals surface area contributed by atoms with Crippen LogP contribution < -0.4 is 4.90 Å². The van der Waals surface area contributed by atoms with Gasteiger partial charge in [-0.25, -0.2) is 17.7 Å². The first kappa shape index (κ1) is 21.7. The van der Waals surface area contributed by atoms with Gasteiger partial charge in [0.05, 0.1) is 4.90 Å². The van der Waals surface area contributed by atoms with E-state index in [1.807, 2.05) is 12.1 Å². The van der Waals surface area contributed by atoms with Crippen LogP contribution >= 0.6 is 11.3 Å². The second-order valence-electron chi connectivity index (χ2n) is 8.10. The standard InChI is InChI=1S/C23H25N3O3S2/c1-15(2)16-5-7-17(8-6-16)22-24-20(14-30-22)23(27)26-12-11-18-13-19(9-10-21(18)26)31(28,29)25(3)4/h5-10,13-15H,11-12H2,1-4H3. The minimum atomic E-state index is -3.51. The molecule has 0 N–H and O–H groups in total. The molecule has 1 aromatic heterocycles. The van der Waals surface area contributed by atoms with Crippen molar-refractivity contribution in [3.63, 3.8) is 0 Å². The number of thiazole rings is 1. The van der Waals surface area contributed by atoms with Gasteiger partial charge in [-0.15, -0.1) is 11.3 Å². The van der Waals surface area contributed by atoms with E-state index in [2.05, 4.69) is 31.0 Å². The minimum absolute atomic E-state index is 0.164. The van der Waals surface area contributed by atoms with Crippen LogP contribution in [0.15, 0.2) is 52.7 Å². The fraction of sp³-hybridized carbons (Fsp3) is 0.304. The highest BCUT2D eigenvalue weighted by Crippen LogP contribution is 2.33. The number of fused-ring (bicyclic) bond motifs is 1. The summed E-state index contributed by atoms with van der Waals surface area (Å²) in [5.41, 5.74) is 4.27. The molecule has 0 aliphatic carbocycles. The van der Waals surface area contributed by atoms with Crippen LogP contribution in [0, 0.1) is 0 Å². The van der Waals surface area contributed by atoms with Crippen molar-refractivity contribution in [3.05, 3.63) is 64.7 Å². The zero-order valence-electron chi connectivity index (χ0n) is 18.0. The van der Waals surface area contributed by atoms with Gasteiger partial charge in [-0.3, -0.25) is 4.79 Å². The zero-order chi connectivity index (χ0) is 22.3. The second kappa shape index (κ2) is 8.18. The van der Waals surface area contributed by atoms with Gasteiger partial charge in [-0.2, -0.15) is 0 Å². The van der Waals surface area contributed by atoms with E-state index in [1.165, 1.54) is 35.3 Å².